The van der Waals surface area contributed by atoms with E-state index < -0.39 is 0 Å². The van der Waals surface area contributed by atoms with Crippen molar-refractivity contribution in [3.05, 3.63) is 0 Å². The van der Waals surface area contributed by atoms with E-state index in [4.69, 9.17) is 21.7 Å². The molecule has 0 amide bonds. The highest BCUT2D eigenvalue weighted by Gasteiger charge is 2.40. The lowest BCUT2D eigenvalue weighted by Crippen LogP contribution is -2.37. The van der Waals surface area contributed by atoms with Gasteiger partial charge in [0.25, 0.3) is 0 Å². The van der Waals surface area contributed by atoms with Crippen molar-refractivity contribution in [3.8, 4) is 0 Å². The Hall–Kier alpha value is -1.37. The summed E-state index contributed by atoms with van der Waals surface area (Å²) in [6, 6.07) is 0. The fraction of sp³-hybridized carbons (Fsp3) is 0.857. The molecule has 2 unspecified atom stereocenters. The molecule has 2 aliphatic heterocycles. The van der Waals surface area contributed by atoms with Crippen molar-refractivity contribution in [2.24, 2.45) is 22.7 Å². The maximum absolute atomic E-state index is 11.8. The molecule has 0 aromatic heterocycles. The Labute approximate surface area is 174 Å². The van der Waals surface area contributed by atoms with E-state index in [-0.39, 0.29) is 34.6 Å². The Morgan fingerprint density at radius 1 is 0.893 bits per heavy atom. The van der Waals surface area contributed by atoms with E-state index in [1.807, 2.05) is 0 Å². The minimum absolute atomic E-state index is 0.0121. The highest BCUT2D eigenvalue weighted by molar-refractivity contribution is 7.80. The Balaban J connectivity index is 1.56. The third-order valence-corrected chi connectivity index (χ3v) is 6.61. The Kier molecular flexibility index (Phi) is 8.10. The molecule has 2 aliphatic rings. The molecule has 2 heterocycles. The average molecular weight is 413 g/mol. The SMILES string of the molecule is CC(C)(CCCNC(=S)NCCCC(C)(C)C1CCOC1=O)C1CCOC1=O. The molecule has 0 bridgehead atoms. The van der Waals surface area contributed by atoms with Crippen molar-refractivity contribution in [1.82, 2.24) is 10.6 Å². The predicted molar refractivity (Wildman–Crippen MR) is 113 cm³/mol. The fourth-order valence-corrected chi connectivity index (χ4v) is 4.52. The molecule has 0 spiro atoms. The van der Waals surface area contributed by atoms with Crippen molar-refractivity contribution in [2.45, 2.75) is 66.2 Å². The van der Waals surface area contributed by atoms with Crippen LogP contribution in [0.15, 0.2) is 0 Å². The summed E-state index contributed by atoms with van der Waals surface area (Å²) < 4.78 is 10.2. The maximum Gasteiger partial charge on any atom is 0.309 e. The van der Waals surface area contributed by atoms with Crippen molar-refractivity contribution in [1.29, 1.82) is 0 Å². The van der Waals surface area contributed by atoms with Gasteiger partial charge in [0, 0.05) is 13.1 Å². The monoisotopic (exact) mass is 412 g/mol. The Morgan fingerprint density at radius 2 is 1.29 bits per heavy atom. The summed E-state index contributed by atoms with van der Waals surface area (Å²) in [5, 5.41) is 7.16. The van der Waals surface area contributed by atoms with Gasteiger partial charge in [-0.25, -0.2) is 0 Å². The molecule has 2 rings (SSSR count). The summed E-state index contributed by atoms with van der Waals surface area (Å²) in [6.45, 7) is 11.2. The molecule has 0 saturated carbocycles. The van der Waals surface area contributed by atoms with Crippen LogP contribution in [-0.4, -0.2) is 43.4 Å². The van der Waals surface area contributed by atoms with Crippen molar-refractivity contribution < 1.29 is 19.1 Å². The van der Waals surface area contributed by atoms with Gasteiger partial charge in [-0.3, -0.25) is 9.59 Å². The van der Waals surface area contributed by atoms with Gasteiger partial charge in [0.2, 0.25) is 0 Å². The lowest BCUT2D eigenvalue weighted by molar-refractivity contribution is -0.145. The van der Waals surface area contributed by atoms with Gasteiger partial charge in [-0.15, -0.1) is 0 Å². The van der Waals surface area contributed by atoms with Crippen molar-refractivity contribution >= 4 is 29.3 Å². The summed E-state index contributed by atoms with van der Waals surface area (Å²) in [7, 11) is 0. The van der Waals surface area contributed by atoms with Gasteiger partial charge in [0.1, 0.15) is 0 Å². The number of rotatable bonds is 10. The topological polar surface area (TPSA) is 76.7 Å². The summed E-state index contributed by atoms with van der Waals surface area (Å²) in [5.41, 5.74) is -0.0887. The van der Waals surface area contributed by atoms with E-state index in [9.17, 15) is 9.59 Å². The largest absolute Gasteiger partial charge is 0.465 e. The number of carbonyl (C=O) groups is 2. The highest BCUT2D eigenvalue weighted by atomic mass is 32.1. The predicted octanol–water partition coefficient (Wildman–Crippen LogP) is 3.19. The van der Waals surface area contributed by atoms with E-state index in [0.717, 1.165) is 51.6 Å². The van der Waals surface area contributed by atoms with Crippen LogP contribution in [0.5, 0.6) is 0 Å². The van der Waals surface area contributed by atoms with E-state index in [2.05, 4.69) is 38.3 Å². The molecule has 28 heavy (non-hydrogen) atoms. The van der Waals surface area contributed by atoms with Crippen LogP contribution in [-0.2, 0) is 19.1 Å². The molecule has 0 aromatic carbocycles. The Bertz CT molecular complexity index is 529. The summed E-state index contributed by atoms with van der Waals surface area (Å²) in [5.74, 6) is -0.0796. The minimum Gasteiger partial charge on any atom is -0.465 e. The first-order chi connectivity index (χ1) is 13.1. The fourth-order valence-electron chi connectivity index (χ4n) is 4.31. The third kappa shape index (κ3) is 6.33. The second-order valence-electron chi connectivity index (χ2n) is 9.38. The lowest BCUT2D eigenvalue weighted by Gasteiger charge is -2.29. The van der Waals surface area contributed by atoms with Crippen LogP contribution >= 0.6 is 12.2 Å². The zero-order valence-corrected chi connectivity index (χ0v) is 18.6. The van der Waals surface area contributed by atoms with Crippen LogP contribution in [0, 0.1) is 22.7 Å². The lowest BCUT2D eigenvalue weighted by atomic mass is 9.74. The van der Waals surface area contributed by atoms with Gasteiger partial charge in [-0.05, 0) is 61.6 Å². The number of esters is 2. The second-order valence-corrected chi connectivity index (χ2v) is 9.79. The number of nitrogens with one attached hydrogen (secondary N) is 2. The smallest absolute Gasteiger partial charge is 0.309 e. The molecule has 2 saturated heterocycles. The van der Waals surface area contributed by atoms with Crippen LogP contribution < -0.4 is 10.6 Å². The van der Waals surface area contributed by atoms with Crippen LogP contribution in [0.4, 0.5) is 0 Å². The highest BCUT2D eigenvalue weighted by Crippen LogP contribution is 2.38. The number of thiocarbonyl (C=S) groups is 1. The van der Waals surface area contributed by atoms with Crippen LogP contribution in [0.1, 0.15) is 66.2 Å². The number of hydrogen-bond donors (Lipinski definition) is 2. The van der Waals surface area contributed by atoms with Crippen molar-refractivity contribution in [3.63, 3.8) is 0 Å². The van der Waals surface area contributed by atoms with E-state index in [1.165, 1.54) is 0 Å². The van der Waals surface area contributed by atoms with Gasteiger partial charge in [-0.1, -0.05) is 27.7 Å². The van der Waals surface area contributed by atoms with E-state index >= 15 is 0 Å². The van der Waals surface area contributed by atoms with Gasteiger partial charge >= 0.3 is 11.9 Å². The second kappa shape index (κ2) is 9.90. The van der Waals surface area contributed by atoms with Gasteiger partial charge in [0.15, 0.2) is 5.11 Å². The van der Waals surface area contributed by atoms with E-state index in [0.29, 0.717) is 18.3 Å². The molecule has 7 heteroatoms. The molecule has 2 atom stereocenters. The van der Waals surface area contributed by atoms with Gasteiger partial charge in [-0.2, -0.15) is 0 Å². The summed E-state index contributed by atoms with van der Waals surface area (Å²) >= 11 is 5.35. The van der Waals surface area contributed by atoms with Crippen LogP contribution in [0.25, 0.3) is 0 Å². The zero-order valence-electron chi connectivity index (χ0n) is 17.8. The molecular formula is C21H36N2O4S. The maximum atomic E-state index is 11.8. The quantitative estimate of drug-likeness (QED) is 0.324. The van der Waals surface area contributed by atoms with E-state index in [1.54, 1.807) is 0 Å². The molecule has 2 N–H and O–H groups in total. The molecule has 0 radical (unpaired) electrons. The number of hydrogen-bond acceptors (Lipinski definition) is 5. The molecule has 0 aromatic rings. The standard InChI is InChI=1S/C21H36N2O4S/c1-20(2,15-7-13-26-17(15)24)9-5-11-22-19(28)23-12-6-10-21(3,4)16-8-14-27-18(16)25/h15-16H,5-14H2,1-4H3,(H2,22,23,28). The van der Waals surface area contributed by atoms with Crippen molar-refractivity contribution in [2.75, 3.05) is 26.3 Å². The summed E-state index contributed by atoms with van der Waals surface area (Å²) in [4.78, 5) is 23.6. The van der Waals surface area contributed by atoms with Gasteiger partial charge < -0.3 is 20.1 Å². The number of carbonyl (C=O) groups excluding carboxylic acids is 2. The molecule has 2 fully saturated rings. The first-order valence-corrected chi connectivity index (χ1v) is 10.9. The molecule has 160 valence electrons. The third-order valence-electron chi connectivity index (χ3n) is 6.32. The van der Waals surface area contributed by atoms with Crippen LogP contribution in [0.2, 0.25) is 0 Å². The first-order valence-electron chi connectivity index (χ1n) is 10.5. The molecule has 6 nitrogen and oxygen atoms in total. The molecular weight excluding hydrogens is 376 g/mol. The van der Waals surface area contributed by atoms with Gasteiger partial charge in [0.05, 0.1) is 25.0 Å². The normalized spacial score (nSPS) is 22.7. The summed E-state index contributed by atoms with van der Waals surface area (Å²) in [6.07, 6.45) is 5.47. The zero-order chi connectivity index (χ0) is 20.8. The minimum atomic E-state index is -0.0519. The average Bonchev–Trinajstić information content (AvgIpc) is 3.24. The van der Waals surface area contributed by atoms with Crippen LogP contribution in [0.3, 0.4) is 0 Å². The molecule has 0 aliphatic carbocycles. The first kappa shape index (κ1) is 22.9. The Morgan fingerprint density at radius 3 is 1.61 bits per heavy atom. The number of cyclic esters (lactones) is 2. The number of ether oxygens (including phenoxy) is 2.